The summed E-state index contributed by atoms with van der Waals surface area (Å²) < 4.78 is 13.5. The molecule has 0 aliphatic heterocycles. The Bertz CT molecular complexity index is 754. The van der Waals surface area contributed by atoms with Crippen molar-refractivity contribution in [2.24, 2.45) is 0 Å². The average Bonchev–Trinajstić information content (AvgIpc) is 2.52. The normalized spacial score (nSPS) is 15.0. The van der Waals surface area contributed by atoms with E-state index in [9.17, 15) is 9.18 Å². The number of rotatable bonds is 3. The van der Waals surface area contributed by atoms with Gasteiger partial charge in [-0.3, -0.25) is 4.79 Å². The summed E-state index contributed by atoms with van der Waals surface area (Å²) in [4.78, 5) is 12.6. The van der Waals surface area contributed by atoms with Gasteiger partial charge in [0.05, 0.1) is 12.0 Å². The number of nitrogens with one attached hydrogen (secondary N) is 1. The molecule has 1 N–H and O–H groups in total. The monoisotopic (exact) mass is 307 g/mol. The fourth-order valence-corrected chi connectivity index (χ4v) is 2.92. The molecule has 2 aromatic rings. The fraction of sp³-hybridized carbons (Fsp3) is 0.250. The Hall–Kier alpha value is -2.60. The summed E-state index contributed by atoms with van der Waals surface area (Å²) in [6, 6.07) is 16.0. The molecule has 3 rings (SSSR count). The molecule has 0 heterocycles. The fourth-order valence-electron chi connectivity index (χ4n) is 2.92. The molecule has 1 aliphatic carbocycles. The minimum Gasteiger partial charge on any atom is -0.344 e. The molecule has 0 spiro atoms. The van der Waals surface area contributed by atoms with Crippen molar-refractivity contribution in [2.45, 2.75) is 24.7 Å². The third-order valence-electron chi connectivity index (χ3n) is 4.36. The van der Waals surface area contributed by atoms with Gasteiger partial charge in [-0.05, 0) is 42.7 Å². The molecule has 1 amide bonds. The molecule has 0 unspecified atom stereocenters. The summed E-state index contributed by atoms with van der Waals surface area (Å²) in [5, 5.41) is 2.88. The predicted molar refractivity (Wildman–Crippen MR) is 88.3 cm³/mol. The van der Waals surface area contributed by atoms with Gasteiger partial charge in [-0.15, -0.1) is 0 Å². The molecule has 116 valence electrons. The highest BCUT2D eigenvalue weighted by Gasteiger charge is 2.45. The van der Waals surface area contributed by atoms with Gasteiger partial charge in [0.1, 0.15) is 5.82 Å². The lowest BCUT2D eigenvalue weighted by atomic mass is 9.64. The first-order chi connectivity index (χ1) is 11.2. The number of amides is 1. The minimum absolute atomic E-state index is 0.0586. The van der Waals surface area contributed by atoms with Crippen LogP contribution in [0.4, 0.5) is 4.39 Å². The number of hydrogen-bond acceptors (Lipinski definition) is 1. The van der Waals surface area contributed by atoms with E-state index in [0.717, 1.165) is 30.4 Å². The molecule has 3 heteroatoms. The van der Waals surface area contributed by atoms with Gasteiger partial charge in [0.2, 0.25) is 5.91 Å². The van der Waals surface area contributed by atoms with E-state index in [0.29, 0.717) is 6.54 Å². The zero-order valence-corrected chi connectivity index (χ0v) is 12.8. The van der Waals surface area contributed by atoms with Crippen molar-refractivity contribution in [1.29, 1.82) is 0 Å². The van der Waals surface area contributed by atoms with Crippen LogP contribution in [0.5, 0.6) is 0 Å². The molecule has 0 radical (unpaired) electrons. The van der Waals surface area contributed by atoms with Gasteiger partial charge >= 0.3 is 0 Å². The predicted octanol–water partition coefficient (Wildman–Crippen LogP) is 3.42. The maximum atomic E-state index is 13.5. The Morgan fingerprint density at radius 2 is 1.91 bits per heavy atom. The third kappa shape index (κ3) is 3.27. The Balaban J connectivity index is 1.66. The zero-order valence-electron chi connectivity index (χ0n) is 12.8. The third-order valence-corrected chi connectivity index (χ3v) is 4.36. The first-order valence-electron chi connectivity index (χ1n) is 7.79. The average molecular weight is 307 g/mol. The molecule has 2 nitrogen and oxygen atoms in total. The number of carbonyl (C=O) groups excluding carboxylic acids is 1. The number of carbonyl (C=O) groups is 1. The second kappa shape index (κ2) is 6.66. The Morgan fingerprint density at radius 1 is 1.13 bits per heavy atom. The van der Waals surface area contributed by atoms with Crippen molar-refractivity contribution in [3.05, 3.63) is 71.5 Å². The molecule has 0 atom stereocenters. The molecule has 2 aromatic carbocycles. The highest BCUT2D eigenvalue weighted by molar-refractivity contribution is 5.89. The molecule has 0 aromatic heterocycles. The summed E-state index contributed by atoms with van der Waals surface area (Å²) in [6.45, 7) is 0.296. The summed E-state index contributed by atoms with van der Waals surface area (Å²) in [7, 11) is 0. The Kier molecular flexibility index (Phi) is 4.43. The van der Waals surface area contributed by atoms with Gasteiger partial charge in [-0.2, -0.15) is 0 Å². The van der Waals surface area contributed by atoms with Gasteiger partial charge in [0.25, 0.3) is 0 Å². The van der Waals surface area contributed by atoms with Crippen LogP contribution in [0, 0.1) is 17.7 Å². The maximum Gasteiger partial charge on any atom is 0.231 e. The number of hydrogen-bond donors (Lipinski definition) is 1. The van der Waals surface area contributed by atoms with E-state index >= 15 is 0 Å². The van der Waals surface area contributed by atoms with Crippen LogP contribution in [-0.2, 0) is 10.2 Å². The van der Waals surface area contributed by atoms with Crippen molar-refractivity contribution in [1.82, 2.24) is 5.32 Å². The quantitative estimate of drug-likeness (QED) is 0.865. The lowest BCUT2D eigenvalue weighted by molar-refractivity contribution is -0.129. The van der Waals surface area contributed by atoms with Gasteiger partial charge in [-0.1, -0.05) is 48.6 Å². The number of halogens is 1. The largest absolute Gasteiger partial charge is 0.344 e. The summed E-state index contributed by atoms with van der Waals surface area (Å²) >= 11 is 0. The standard InChI is InChI=1S/C20H18FNO/c21-18-11-4-10-17(15-18)20(12-6-13-20)19(23)22-14-5-9-16-7-2-1-3-8-16/h1-4,7-8,10-11,15H,6,12-14H2,(H,22,23). The number of benzene rings is 2. The van der Waals surface area contributed by atoms with Crippen LogP contribution in [0.2, 0.25) is 0 Å². The van der Waals surface area contributed by atoms with E-state index in [4.69, 9.17) is 0 Å². The molecule has 1 saturated carbocycles. The summed E-state index contributed by atoms with van der Waals surface area (Å²) in [6.07, 6.45) is 2.50. The lowest BCUT2D eigenvalue weighted by Crippen LogP contribution is -2.49. The molecule has 0 saturated heterocycles. The molecule has 23 heavy (non-hydrogen) atoms. The van der Waals surface area contributed by atoms with Crippen molar-refractivity contribution < 1.29 is 9.18 Å². The molecule has 1 aliphatic rings. The van der Waals surface area contributed by atoms with E-state index in [1.54, 1.807) is 6.07 Å². The van der Waals surface area contributed by atoms with Crippen LogP contribution in [0.1, 0.15) is 30.4 Å². The minimum atomic E-state index is -0.587. The maximum absolute atomic E-state index is 13.5. The Labute approximate surface area is 135 Å². The smallest absolute Gasteiger partial charge is 0.231 e. The van der Waals surface area contributed by atoms with Crippen LogP contribution >= 0.6 is 0 Å². The van der Waals surface area contributed by atoms with Crippen molar-refractivity contribution in [2.75, 3.05) is 6.54 Å². The van der Waals surface area contributed by atoms with Crippen LogP contribution in [0.15, 0.2) is 54.6 Å². The second-order valence-electron chi connectivity index (χ2n) is 5.80. The molecule has 0 bridgehead atoms. The van der Waals surface area contributed by atoms with Gasteiger partial charge in [0.15, 0.2) is 0 Å². The van der Waals surface area contributed by atoms with E-state index in [-0.39, 0.29) is 11.7 Å². The SMILES string of the molecule is O=C(NCC#Cc1ccccc1)C1(c2cccc(F)c2)CCC1. The Morgan fingerprint density at radius 3 is 2.57 bits per heavy atom. The van der Waals surface area contributed by atoms with E-state index in [1.807, 2.05) is 36.4 Å². The second-order valence-corrected chi connectivity index (χ2v) is 5.80. The van der Waals surface area contributed by atoms with Gasteiger partial charge in [0, 0.05) is 5.56 Å². The van der Waals surface area contributed by atoms with E-state index in [2.05, 4.69) is 17.2 Å². The molecule has 1 fully saturated rings. The molecular formula is C20H18FNO. The summed E-state index contributed by atoms with van der Waals surface area (Å²) in [5.41, 5.74) is 1.10. The van der Waals surface area contributed by atoms with E-state index in [1.165, 1.54) is 12.1 Å². The topological polar surface area (TPSA) is 29.1 Å². The van der Waals surface area contributed by atoms with Crippen LogP contribution < -0.4 is 5.32 Å². The highest BCUT2D eigenvalue weighted by Crippen LogP contribution is 2.44. The zero-order chi connectivity index (χ0) is 16.1. The van der Waals surface area contributed by atoms with Gasteiger partial charge < -0.3 is 5.32 Å². The van der Waals surface area contributed by atoms with Gasteiger partial charge in [-0.25, -0.2) is 4.39 Å². The first kappa shape index (κ1) is 15.3. The highest BCUT2D eigenvalue weighted by atomic mass is 19.1. The van der Waals surface area contributed by atoms with Crippen molar-refractivity contribution in [3.63, 3.8) is 0 Å². The molecular weight excluding hydrogens is 289 g/mol. The van der Waals surface area contributed by atoms with Crippen molar-refractivity contribution in [3.8, 4) is 11.8 Å². The van der Waals surface area contributed by atoms with Crippen LogP contribution in [0.3, 0.4) is 0 Å². The van der Waals surface area contributed by atoms with E-state index < -0.39 is 5.41 Å². The summed E-state index contributed by atoms with van der Waals surface area (Å²) in [5.74, 6) is 5.61. The van der Waals surface area contributed by atoms with Crippen LogP contribution in [-0.4, -0.2) is 12.5 Å². The van der Waals surface area contributed by atoms with Crippen molar-refractivity contribution >= 4 is 5.91 Å². The lowest BCUT2D eigenvalue weighted by Gasteiger charge is -2.40. The van der Waals surface area contributed by atoms with Crippen LogP contribution in [0.25, 0.3) is 0 Å². The first-order valence-corrected chi connectivity index (χ1v) is 7.79.